The van der Waals surface area contributed by atoms with Crippen LogP contribution in [0.3, 0.4) is 0 Å². The summed E-state index contributed by atoms with van der Waals surface area (Å²) in [6.45, 7) is 0.724. The highest BCUT2D eigenvalue weighted by molar-refractivity contribution is 6.01. The number of phenols is 1. The van der Waals surface area contributed by atoms with E-state index in [9.17, 15) is 9.90 Å². The van der Waals surface area contributed by atoms with Crippen LogP contribution in [0.5, 0.6) is 5.75 Å². The Morgan fingerprint density at radius 3 is 2.46 bits per heavy atom. The lowest BCUT2D eigenvalue weighted by Crippen LogP contribution is -2.34. The van der Waals surface area contributed by atoms with Gasteiger partial charge in [-0.3, -0.25) is 0 Å². The van der Waals surface area contributed by atoms with Crippen molar-refractivity contribution in [2.75, 3.05) is 5.32 Å². The van der Waals surface area contributed by atoms with Crippen LogP contribution in [0.4, 0.5) is 10.5 Å². The van der Waals surface area contributed by atoms with E-state index in [1.54, 1.807) is 41.5 Å². The molecule has 3 aromatic carbocycles. The van der Waals surface area contributed by atoms with Crippen LogP contribution in [0.1, 0.15) is 11.3 Å². The Bertz CT molecular complexity index is 1070. The SMILES string of the molecule is O=C(Nc1cccc2ccccc12)N(Cc1ccc(O)cc1)Cc1ccco1. The lowest BCUT2D eigenvalue weighted by molar-refractivity contribution is 0.201. The zero-order chi connectivity index (χ0) is 19.3. The predicted octanol–water partition coefficient (Wildman–Crippen LogP) is 5.37. The molecular weight excluding hydrogens is 352 g/mol. The number of nitrogens with one attached hydrogen (secondary N) is 1. The average molecular weight is 372 g/mol. The molecule has 5 nitrogen and oxygen atoms in total. The van der Waals surface area contributed by atoms with Gasteiger partial charge in [0.15, 0.2) is 0 Å². The van der Waals surface area contributed by atoms with Crippen molar-refractivity contribution in [1.29, 1.82) is 0 Å². The molecule has 28 heavy (non-hydrogen) atoms. The highest BCUT2D eigenvalue weighted by Crippen LogP contribution is 2.24. The van der Waals surface area contributed by atoms with Gasteiger partial charge in [0, 0.05) is 11.9 Å². The van der Waals surface area contributed by atoms with Gasteiger partial charge in [-0.2, -0.15) is 0 Å². The van der Waals surface area contributed by atoms with Crippen LogP contribution >= 0.6 is 0 Å². The molecule has 0 saturated carbocycles. The van der Waals surface area contributed by atoms with Crippen molar-refractivity contribution in [3.8, 4) is 5.75 Å². The molecule has 0 unspecified atom stereocenters. The molecule has 4 aromatic rings. The van der Waals surface area contributed by atoms with Crippen LogP contribution in [0.2, 0.25) is 0 Å². The minimum Gasteiger partial charge on any atom is -0.508 e. The molecule has 140 valence electrons. The van der Waals surface area contributed by atoms with Crippen LogP contribution in [0.15, 0.2) is 89.5 Å². The molecule has 0 spiro atoms. The lowest BCUT2D eigenvalue weighted by Gasteiger charge is -2.23. The Morgan fingerprint density at radius 2 is 1.68 bits per heavy atom. The van der Waals surface area contributed by atoms with Gasteiger partial charge in [0.2, 0.25) is 0 Å². The van der Waals surface area contributed by atoms with Crippen molar-refractivity contribution in [2.24, 2.45) is 0 Å². The highest BCUT2D eigenvalue weighted by Gasteiger charge is 2.17. The number of nitrogens with zero attached hydrogens (tertiary/aromatic N) is 1. The zero-order valence-corrected chi connectivity index (χ0v) is 15.2. The minimum atomic E-state index is -0.221. The number of hydrogen-bond acceptors (Lipinski definition) is 3. The first-order chi connectivity index (χ1) is 13.7. The standard InChI is InChI=1S/C23H20N2O3/c26-19-12-10-17(11-13-19)15-25(16-20-7-4-14-28-20)23(27)24-22-9-3-6-18-5-1-2-8-21(18)22/h1-14,26H,15-16H2,(H,24,27). The topological polar surface area (TPSA) is 65.7 Å². The Labute approximate surface area is 162 Å². The second-order valence-electron chi connectivity index (χ2n) is 6.56. The number of phenolic OH excluding ortho intramolecular Hbond substituents is 1. The molecule has 1 aromatic heterocycles. The number of rotatable bonds is 5. The van der Waals surface area contributed by atoms with Gasteiger partial charge < -0.3 is 19.7 Å². The monoisotopic (exact) mass is 372 g/mol. The molecule has 0 radical (unpaired) electrons. The summed E-state index contributed by atoms with van der Waals surface area (Å²) in [6.07, 6.45) is 1.59. The summed E-state index contributed by atoms with van der Waals surface area (Å²) in [5, 5.41) is 14.6. The van der Waals surface area contributed by atoms with E-state index in [1.807, 2.05) is 48.5 Å². The fourth-order valence-electron chi connectivity index (χ4n) is 3.14. The van der Waals surface area contributed by atoms with E-state index >= 15 is 0 Å². The smallest absolute Gasteiger partial charge is 0.322 e. The van der Waals surface area contributed by atoms with Gasteiger partial charge >= 0.3 is 6.03 Å². The van der Waals surface area contributed by atoms with Crippen LogP contribution in [0.25, 0.3) is 10.8 Å². The van der Waals surface area contributed by atoms with Crippen molar-refractivity contribution in [2.45, 2.75) is 13.1 Å². The molecule has 4 rings (SSSR count). The Balaban J connectivity index is 1.59. The van der Waals surface area contributed by atoms with Crippen LogP contribution in [-0.2, 0) is 13.1 Å². The molecule has 0 aliphatic carbocycles. The number of anilines is 1. The van der Waals surface area contributed by atoms with Gasteiger partial charge in [-0.1, -0.05) is 48.5 Å². The van der Waals surface area contributed by atoms with Crippen LogP contribution < -0.4 is 5.32 Å². The summed E-state index contributed by atoms with van der Waals surface area (Å²) in [5.74, 6) is 0.897. The van der Waals surface area contributed by atoms with E-state index in [2.05, 4.69) is 5.32 Å². The minimum absolute atomic E-state index is 0.196. The van der Waals surface area contributed by atoms with Gasteiger partial charge in [-0.15, -0.1) is 0 Å². The van der Waals surface area contributed by atoms with Gasteiger partial charge in [-0.25, -0.2) is 4.79 Å². The third kappa shape index (κ3) is 3.99. The van der Waals surface area contributed by atoms with Gasteiger partial charge in [0.25, 0.3) is 0 Å². The van der Waals surface area contributed by atoms with Gasteiger partial charge in [0.05, 0.1) is 18.5 Å². The maximum Gasteiger partial charge on any atom is 0.322 e. The van der Waals surface area contributed by atoms with Crippen molar-refractivity contribution < 1.29 is 14.3 Å². The van der Waals surface area contributed by atoms with E-state index in [4.69, 9.17) is 4.42 Å². The number of hydrogen-bond donors (Lipinski definition) is 2. The van der Waals surface area contributed by atoms with Gasteiger partial charge in [0.1, 0.15) is 11.5 Å². The molecule has 0 fully saturated rings. The summed E-state index contributed by atoms with van der Waals surface area (Å²) in [5.41, 5.74) is 1.68. The summed E-state index contributed by atoms with van der Waals surface area (Å²) in [7, 11) is 0. The summed E-state index contributed by atoms with van der Waals surface area (Å²) in [6, 6.07) is 24.0. The quantitative estimate of drug-likeness (QED) is 0.495. The first-order valence-corrected chi connectivity index (χ1v) is 9.03. The maximum absolute atomic E-state index is 13.1. The largest absolute Gasteiger partial charge is 0.508 e. The summed E-state index contributed by atoms with van der Waals surface area (Å²) in [4.78, 5) is 14.8. The Morgan fingerprint density at radius 1 is 0.893 bits per heavy atom. The molecule has 0 aliphatic rings. The maximum atomic E-state index is 13.1. The fraction of sp³-hybridized carbons (Fsp3) is 0.0870. The van der Waals surface area contributed by atoms with E-state index in [0.29, 0.717) is 18.8 Å². The number of furan rings is 1. The molecule has 2 amide bonds. The first kappa shape index (κ1) is 17.7. The van der Waals surface area contributed by atoms with E-state index in [1.165, 1.54) is 0 Å². The average Bonchev–Trinajstić information content (AvgIpc) is 3.22. The molecule has 5 heteroatoms. The summed E-state index contributed by atoms with van der Waals surface area (Å²) < 4.78 is 5.43. The molecule has 0 saturated heterocycles. The lowest BCUT2D eigenvalue weighted by atomic mass is 10.1. The van der Waals surface area contributed by atoms with Crippen molar-refractivity contribution in [1.82, 2.24) is 4.90 Å². The highest BCUT2D eigenvalue weighted by atomic mass is 16.3. The molecule has 1 heterocycles. The second kappa shape index (κ2) is 7.88. The van der Waals surface area contributed by atoms with Crippen LogP contribution in [0, 0.1) is 0 Å². The molecule has 0 aliphatic heterocycles. The zero-order valence-electron chi connectivity index (χ0n) is 15.2. The number of carbonyl (C=O) groups is 1. The number of benzene rings is 3. The van der Waals surface area contributed by atoms with E-state index < -0.39 is 0 Å². The molecular formula is C23H20N2O3. The third-order valence-electron chi connectivity index (χ3n) is 4.56. The fourth-order valence-corrected chi connectivity index (χ4v) is 3.14. The number of urea groups is 1. The van der Waals surface area contributed by atoms with E-state index in [0.717, 1.165) is 22.0 Å². The Hall–Kier alpha value is -3.73. The van der Waals surface area contributed by atoms with E-state index in [-0.39, 0.29) is 11.8 Å². The molecule has 0 atom stereocenters. The van der Waals surface area contributed by atoms with Crippen LogP contribution in [-0.4, -0.2) is 16.0 Å². The number of fused-ring (bicyclic) bond motifs is 1. The van der Waals surface area contributed by atoms with Crippen molar-refractivity contribution >= 4 is 22.5 Å². The first-order valence-electron chi connectivity index (χ1n) is 9.03. The predicted molar refractivity (Wildman–Crippen MR) is 109 cm³/mol. The normalized spacial score (nSPS) is 10.7. The third-order valence-corrected chi connectivity index (χ3v) is 4.56. The molecule has 0 bridgehead atoms. The van der Waals surface area contributed by atoms with Crippen molar-refractivity contribution in [3.63, 3.8) is 0 Å². The van der Waals surface area contributed by atoms with Crippen molar-refractivity contribution in [3.05, 3.63) is 96.4 Å². The number of amides is 2. The Kier molecular flexibility index (Phi) is 4.97. The van der Waals surface area contributed by atoms with Gasteiger partial charge in [-0.05, 0) is 41.3 Å². The number of carbonyl (C=O) groups excluding carboxylic acids is 1. The summed E-state index contributed by atoms with van der Waals surface area (Å²) >= 11 is 0. The molecule has 2 N–H and O–H groups in total. The second-order valence-corrected chi connectivity index (χ2v) is 6.56. The number of aromatic hydroxyl groups is 1.